The molecular formula is C11H19NO4. The summed E-state index contributed by atoms with van der Waals surface area (Å²) in [4.78, 5) is 23.5. The van der Waals surface area contributed by atoms with Gasteiger partial charge in [-0.05, 0) is 12.3 Å². The maximum atomic E-state index is 11.4. The summed E-state index contributed by atoms with van der Waals surface area (Å²) >= 11 is 0. The van der Waals surface area contributed by atoms with Gasteiger partial charge < -0.3 is 9.84 Å². The zero-order chi connectivity index (χ0) is 12.7. The Balaban J connectivity index is 4.47. The molecular weight excluding hydrogens is 210 g/mol. The van der Waals surface area contributed by atoms with Crippen LogP contribution in [0.4, 0.5) is 4.79 Å². The topological polar surface area (TPSA) is 66.8 Å². The minimum Gasteiger partial charge on any atom is -0.480 e. The maximum absolute atomic E-state index is 11.4. The molecule has 0 unspecified atom stereocenters. The standard InChI is InChI=1S/C11H19NO4/c1-5-6-16-11(15)12(4)9(10(13)14)7-8(2)3/h5,8-9H,1,6-7H2,2-4H3,(H,13,14)/t9-/m0/s1. The Bertz CT molecular complexity index is 263. The summed E-state index contributed by atoms with van der Waals surface area (Å²) in [5.74, 6) is -0.831. The van der Waals surface area contributed by atoms with Crippen molar-refractivity contribution in [2.45, 2.75) is 26.3 Å². The highest BCUT2D eigenvalue weighted by molar-refractivity contribution is 5.79. The van der Waals surface area contributed by atoms with E-state index in [1.807, 2.05) is 13.8 Å². The van der Waals surface area contributed by atoms with Gasteiger partial charge in [-0.25, -0.2) is 9.59 Å². The van der Waals surface area contributed by atoms with Crippen molar-refractivity contribution >= 4 is 12.1 Å². The van der Waals surface area contributed by atoms with Gasteiger partial charge in [-0.2, -0.15) is 0 Å². The lowest BCUT2D eigenvalue weighted by molar-refractivity contribution is -0.142. The third kappa shape index (κ3) is 4.82. The summed E-state index contributed by atoms with van der Waals surface area (Å²) in [5.41, 5.74) is 0. The second-order valence-corrected chi connectivity index (χ2v) is 3.96. The molecule has 0 heterocycles. The van der Waals surface area contributed by atoms with Crippen LogP contribution < -0.4 is 0 Å². The molecule has 1 atom stereocenters. The van der Waals surface area contributed by atoms with Crippen LogP contribution >= 0.6 is 0 Å². The van der Waals surface area contributed by atoms with E-state index < -0.39 is 18.1 Å². The van der Waals surface area contributed by atoms with E-state index in [1.165, 1.54) is 13.1 Å². The molecule has 0 radical (unpaired) electrons. The second-order valence-electron chi connectivity index (χ2n) is 3.96. The molecule has 1 amide bonds. The summed E-state index contributed by atoms with van der Waals surface area (Å²) in [5, 5.41) is 9.00. The van der Waals surface area contributed by atoms with Gasteiger partial charge >= 0.3 is 12.1 Å². The number of amides is 1. The van der Waals surface area contributed by atoms with Crippen LogP contribution in [0.3, 0.4) is 0 Å². The first-order valence-corrected chi connectivity index (χ1v) is 5.13. The predicted molar refractivity (Wildman–Crippen MR) is 60.2 cm³/mol. The fraction of sp³-hybridized carbons (Fsp3) is 0.636. The average Bonchev–Trinajstić information content (AvgIpc) is 2.20. The third-order valence-corrected chi connectivity index (χ3v) is 2.06. The van der Waals surface area contributed by atoms with Gasteiger partial charge in [0.1, 0.15) is 12.6 Å². The Labute approximate surface area is 95.7 Å². The minimum atomic E-state index is -1.02. The molecule has 0 aliphatic heterocycles. The highest BCUT2D eigenvalue weighted by Gasteiger charge is 2.27. The van der Waals surface area contributed by atoms with Crippen LogP contribution in [-0.2, 0) is 9.53 Å². The minimum absolute atomic E-state index is 0.0805. The van der Waals surface area contributed by atoms with E-state index in [0.717, 1.165) is 4.90 Å². The fourth-order valence-corrected chi connectivity index (χ4v) is 1.23. The smallest absolute Gasteiger partial charge is 0.410 e. The van der Waals surface area contributed by atoms with E-state index in [4.69, 9.17) is 9.84 Å². The molecule has 0 aromatic heterocycles. The Morgan fingerprint density at radius 3 is 2.44 bits per heavy atom. The summed E-state index contributed by atoms with van der Waals surface area (Å²) in [6.45, 7) is 7.29. The molecule has 1 N–H and O–H groups in total. The average molecular weight is 229 g/mol. The van der Waals surface area contributed by atoms with Gasteiger partial charge in [0.25, 0.3) is 0 Å². The number of aliphatic carboxylic acids is 1. The monoisotopic (exact) mass is 229 g/mol. The number of carbonyl (C=O) groups excluding carboxylic acids is 1. The number of ether oxygens (including phenoxy) is 1. The number of hydrogen-bond acceptors (Lipinski definition) is 3. The summed E-state index contributed by atoms with van der Waals surface area (Å²) < 4.78 is 4.77. The lowest BCUT2D eigenvalue weighted by Gasteiger charge is -2.25. The molecule has 16 heavy (non-hydrogen) atoms. The number of carboxylic acids is 1. The van der Waals surface area contributed by atoms with Crippen LogP contribution in [0.15, 0.2) is 12.7 Å². The van der Waals surface area contributed by atoms with Crippen LogP contribution in [0.1, 0.15) is 20.3 Å². The van der Waals surface area contributed by atoms with Crippen LogP contribution in [0.5, 0.6) is 0 Å². The highest BCUT2D eigenvalue weighted by atomic mass is 16.6. The first-order valence-electron chi connectivity index (χ1n) is 5.13. The molecule has 0 spiro atoms. The van der Waals surface area contributed by atoms with E-state index in [-0.39, 0.29) is 12.5 Å². The normalized spacial score (nSPS) is 12.0. The number of hydrogen-bond donors (Lipinski definition) is 1. The highest BCUT2D eigenvalue weighted by Crippen LogP contribution is 2.11. The molecule has 0 aromatic carbocycles. The molecule has 0 saturated carbocycles. The first-order chi connectivity index (χ1) is 7.40. The Morgan fingerprint density at radius 2 is 2.06 bits per heavy atom. The zero-order valence-electron chi connectivity index (χ0n) is 9.97. The van der Waals surface area contributed by atoms with Gasteiger partial charge in [0.15, 0.2) is 0 Å². The zero-order valence-corrected chi connectivity index (χ0v) is 9.97. The van der Waals surface area contributed by atoms with Crippen molar-refractivity contribution in [2.75, 3.05) is 13.7 Å². The summed E-state index contributed by atoms with van der Waals surface area (Å²) in [6.07, 6.45) is 1.19. The molecule has 0 aliphatic carbocycles. The van der Waals surface area contributed by atoms with Crippen molar-refractivity contribution in [3.05, 3.63) is 12.7 Å². The molecule has 0 saturated heterocycles. The van der Waals surface area contributed by atoms with Gasteiger partial charge in [-0.15, -0.1) is 0 Å². The number of carboxylic acid groups (broad SMARTS) is 1. The molecule has 92 valence electrons. The van der Waals surface area contributed by atoms with Gasteiger partial charge in [-0.3, -0.25) is 4.90 Å². The Hall–Kier alpha value is -1.52. The van der Waals surface area contributed by atoms with E-state index in [2.05, 4.69) is 6.58 Å². The molecule has 5 nitrogen and oxygen atoms in total. The van der Waals surface area contributed by atoms with E-state index in [9.17, 15) is 9.59 Å². The van der Waals surface area contributed by atoms with E-state index in [1.54, 1.807) is 0 Å². The first kappa shape index (κ1) is 14.5. The van der Waals surface area contributed by atoms with Gasteiger partial charge in [0.05, 0.1) is 0 Å². The molecule has 5 heteroatoms. The maximum Gasteiger partial charge on any atom is 0.410 e. The molecule has 0 fully saturated rings. The number of likely N-dealkylation sites (N-methyl/N-ethyl adjacent to an activating group) is 1. The predicted octanol–water partition coefficient (Wildman–Crippen LogP) is 1.74. The summed E-state index contributed by atoms with van der Waals surface area (Å²) in [6, 6.07) is -0.850. The van der Waals surface area contributed by atoms with Crippen molar-refractivity contribution in [3.63, 3.8) is 0 Å². The van der Waals surface area contributed by atoms with Crippen LogP contribution in [0.2, 0.25) is 0 Å². The molecule has 0 aliphatic rings. The lowest BCUT2D eigenvalue weighted by atomic mass is 10.0. The number of nitrogens with zero attached hydrogens (tertiary/aromatic N) is 1. The molecule has 0 rings (SSSR count). The van der Waals surface area contributed by atoms with E-state index >= 15 is 0 Å². The largest absolute Gasteiger partial charge is 0.480 e. The number of carbonyl (C=O) groups is 2. The van der Waals surface area contributed by atoms with Crippen LogP contribution in [-0.4, -0.2) is 41.8 Å². The number of rotatable bonds is 6. The van der Waals surface area contributed by atoms with Crippen molar-refractivity contribution < 1.29 is 19.4 Å². The Kier molecular flexibility index (Phi) is 6.22. The van der Waals surface area contributed by atoms with Gasteiger partial charge in [0, 0.05) is 7.05 Å². The lowest BCUT2D eigenvalue weighted by Crippen LogP contribution is -2.43. The SMILES string of the molecule is C=CCOC(=O)N(C)[C@@H](CC(C)C)C(=O)O. The van der Waals surface area contributed by atoms with Gasteiger partial charge in [-0.1, -0.05) is 26.5 Å². The fourth-order valence-electron chi connectivity index (χ4n) is 1.23. The Morgan fingerprint density at radius 1 is 1.50 bits per heavy atom. The second kappa shape index (κ2) is 6.87. The van der Waals surface area contributed by atoms with E-state index in [0.29, 0.717) is 6.42 Å². The molecule has 0 aromatic rings. The van der Waals surface area contributed by atoms with Gasteiger partial charge in [0.2, 0.25) is 0 Å². The summed E-state index contributed by atoms with van der Waals surface area (Å²) in [7, 11) is 1.42. The van der Waals surface area contributed by atoms with Crippen LogP contribution in [0.25, 0.3) is 0 Å². The van der Waals surface area contributed by atoms with Crippen molar-refractivity contribution in [2.24, 2.45) is 5.92 Å². The molecule has 0 bridgehead atoms. The third-order valence-electron chi connectivity index (χ3n) is 2.06. The van der Waals surface area contributed by atoms with Crippen molar-refractivity contribution in [1.29, 1.82) is 0 Å². The quantitative estimate of drug-likeness (QED) is 0.704. The van der Waals surface area contributed by atoms with Crippen molar-refractivity contribution in [3.8, 4) is 0 Å². The van der Waals surface area contributed by atoms with Crippen LogP contribution in [0, 0.1) is 5.92 Å². The van der Waals surface area contributed by atoms with Crippen molar-refractivity contribution in [1.82, 2.24) is 4.90 Å².